The highest BCUT2D eigenvalue weighted by atomic mass is 32.1. The first-order valence-corrected chi connectivity index (χ1v) is 10.1. The largest absolute Gasteiger partial charge is 0.451 e. The number of carbonyl (C=O) groups is 1. The van der Waals surface area contributed by atoms with Crippen molar-refractivity contribution in [1.29, 1.82) is 0 Å². The Hall–Kier alpha value is -2.22. The van der Waals surface area contributed by atoms with Gasteiger partial charge in [0, 0.05) is 28.6 Å². The molecule has 1 aliphatic rings. The summed E-state index contributed by atoms with van der Waals surface area (Å²) in [5, 5.41) is 7.92. The number of anilines is 1. The molecule has 0 bridgehead atoms. The van der Waals surface area contributed by atoms with Crippen LogP contribution in [0.1, 0.15) is 39.8 Å². The molecule has 27 heavy (non-hydrogen) atoms. The first kappa shape index (κ1) is 18.2. The maximum atomic E-state index is 12.9. The molecule has 4 rings (SSSR count). The van der Waals surface area contributed by atoms with Gasteiger partial charge in [-0.15, -0.1) is 11.3 Å². The van der Waals surface area contributed by atoms with Gasteiger partial charge in [0.15, 0.2) is 10.9 Å². The van der Waals surface area contributed by atoms with Crippen LogP contribution in [-0.4, -0.2) is 43.0 Å². The molecule has 1 saturated heterocycles. The molecule has 1 fully saturated rings. The molecule has 3 aromatic rings. The van der Waals surface area contributed by atoms with Crippen molar-refractivity contribution in [1.82, 2.24) is 15.2 Å². The lowest BCUT2D eigenvalue weighted by Crippen LogP contribution is -2.26. The summed E-state index contributed by atoms with van der Waals surface area (Å²) < 4.78 is 5.89. The number of nitrogens with one attached hydrogen (secondary N) is 2. The van der Waals surface area contributed by atoms with E-state index >= 15 is 0 Å². The number of hydrogen-bond acceptors (Lipinski definition) is 6. The molecule has 142 valence electrons. The van der Waals surface area contributed by atoms with E-state index in [1.807, 2.05) is 49.5 Å². The normalized spacial score (nSPS) is 15.5. The van der Waals surface area contributed by atoms with Crippen molar-refractivity contribution in [2.75, 3.05) is 32.5 Å². The fraction of sp³-hybridized carbons (Fsp3) is 0.400. The highest BCUT2D eigenvalue weighted by Gasteiger charge is 2.23. The number of nitrogens with zero attached hydrogens (tertiary/aromatic N) is 2. The van der Waals surface area contributed by atoms with E-state index in [4.69, 9.17) is 4.42 Å². The van der Waals surface area contributed by atoms with Crippen molar-refractivity contribution in [3.63, 3.8) is 0 Å². The molecule has 2 N–H and O–H groups in total. The molecule has 0 atom stereocenters. The Morgan fingerprint density at radius 1 is 1.33 bits per heavy atom. The summed E-state index contributed by atoms with van der Waals surface area (Å²) in [5.74, 6) is 0.655. The van der Waals surface area contributed by atoms with Gasteiger partial charge in [-0.25, -0.2) is 4.98 Å². The number of carbonyl (C=O) groups excluding carboxylic acids is 1. The Bertz CT molecular complexity index is 941. The number of fused-ring (bicyclic) bond motifs is 1. The van der Waals surface area contributed by atoms with Crippen LogP contribution >= 0.6 is 11.3 Å². The van der Waals surface area contributed by atoms with E-state index in [2.05, 4.69) is 15.6 Å². The Morgan fingerprint density at radius 2 is 2.11 bits per heavy atom. The number of furan rings is 1. The second-order valence-electron chi connectivity index (χ2n) is 7.19. The molecule has 0 radical (unpaired) electrons. The minimum Gasteiger partial charge on any atom is -0.451 e. The van der Waals surface area contributed by atoms with Crippen LogP contribution in [0.25, 0.3) is 11.0 Å². The number of rotatable bonds is 5. The highest BCUT2D eigenvalue weighted by Crippen LogP contribution is 2.32. The number of para-hydroxylation sites is 1. The van der Waals surface area contributed by atoms with Gasteiger partial charge in [-0.05, 0) is 52.0 Å². The molecule has 6 nitrogen and oxygen atoms in total. The molecule has 1 amide bonds. The zero-order valence-corrected chi connectivity index (χ0v) is 16.4. The Kier molecular flexibility index (Phi) is 5.24. The number of thiazole rings is 1. The van der Waals surface area contributed by atoms with Gasteiger partial charge in [0.25, 0.3) is 5.91 Å². The van der Waals surface area contributed by atoms with Crippen molar-refractivity contribution in [3.05, 3.63) is 46.7 Å². The number of aromatic nitrogens is 1. The Morgan fingerprint density at radius 3 is 2.89 bits per heavy atom. The van der Waals surface area contributed by atoms with E-state index in [1.54, 1.807) is 11.3 Å². The summed E-state index contributed by atoms with van der Waals surface area (Å²) >= 11 is 1.57. The molecule has 0 unspecified atom stereocenters. The third kappa shape index (κ3) is 3.90. The van der Waals surface area contributed by atoms with Crippen molar-refractivity contribution in [3.8, 4) is 0 Å². The maximum Gasteiger partial charge on any atom is 0.293 e. The van der Waals surface area contributed by atoms with Crippen molar-refractivity contribution in [2.24, 2.45) is 0 Å². The lowest BCUT2D eigenvalue weighted by molar-refractivity contribution is 0.0996. The van der Waals surface area contributed by atoms with E-state index in [0.717, 1.165) is 42.5 Å². The number of hydrogen-bond donors (Lipinski definition) is 2. The van der Waals surface area contributed by atoms with E-state index in [0.29, 0.717) is 23.4 Å². The predicted molar refractivity (Wildman–Crippen MR) is 109 cm³/mol. The third-order valence-corrected chi connectivity index (χ3v) is 5.94. The minimum atomic E-state index is -0.241. The van der Waals surface area contributed by atoms with Gasteiger partial charge in [0.05, 0.1) is 0 Å². The van der Waals surface area contributed by atoms with Crippen molar-refractivity contribution < 1.29 is 9.21 Å². The van der Waals surface area contributed by atoms with Crippen molar-refractivity contribution in [2.45, 2.75) is 25.3 Å². The molecular formula is C20H24N4O2S. The third-order valence-electron chi connectivity index (χ3n) is 4.86. The summed E-state index contributed by atoms with van der Waals surface area (Å²) in [6, 6.07) is 7.76. The van der Waals surface area contributed by atoms with Crippen molar-refractivity contribution >= 4 is 33.3 Å². The lowest BCUT2D eigenvalue weighted by atomic mass is 9.97. The van der Waals surface area contributed by atoms with Gasteiger partial charge in [-0.3, -0.25) is 10.1 Å². The molecule has 3 heterocycles. The summed E-state index contributed by atoms with van der Waals surface area (Å²) in [6.45, 7) is 2.71. The maximum absolute atomic E-state index is 12.9. The van der Waals surface area contributed by atoms with E-state index in [9.17, 15) is 4.79 Å². The number of piperidine rings is 1. The molecule has 2 aromatic heterocycles. The summed E-state index contributed by atoms with van der Waals surface area (Å²) in [4.78, 5) is 20.6. The quantitative estimate of drug-likeness (QED) is 0.702. The van der Waals surface area contributed by atoms with Crippen LogP contribution in [0.15, 0.2) is 34.9 Å². The highest BCUT2D eigenvalue weighted by molar-refractivity contribution is 7.15. The monoisotopic (exact) mass is 384 g/mol. The van der Waals surface area contributed by atoms with Crippen LogP contribution in [0.5, 0.6) is 0 Å². The summed E-state index contributed by atoms with van der Waals surface area (Å²) in [6.07, 6.45) is 4.13. The first-order chi connectivity index (χ1) is 13.1. The van der Waals surface area contributed by atoms with E-state index in [-0.39, 0.29) is 5.91 Å². The summed E-state index contributed by atoms with van der Waals surface area (Å²) in [5.41, 5.74) is 1.64. The molecule has 1 aliphatic heterocycles. The molecular weight excluding hydrogens is 360 g/mol. The minimum absolute atomic E-state index is 0.241. The number of benzene rings is 1. The van der Waals surface area contributed by atoms with Gasteiger partial charge in [-0.2, -0.15) is 0 Å². The van der Waals surface area contributed by atoms with Crippen LogP contribution < -0.4 is 10.6 Å². The van der Waals surface area contributed by atoms with Gasteiger partial charge >= 0.3 is 0 Å². The molecule has 0 spiro atoms. The lowest BCUT2D eigenvalue weighted by Gasteiger charge is -2.20. The predicted octanol–water partition coefficient (Wildman–Crippen LogP) is 3.67. The Labute approximate surface area is 162 Å². The van der Waals surface area contributed by atoms with Gasteiger partial charge in [0.2, 0.25) is 0 Å². The van der Waals surface area contributed by atoms with E-state index in [1.165, 1.54) is 4.88 Å². The second-order valence-corrected chi connectivity index (χ2v) is 8.25. The first-order valence-electron chi connectivity index (χ1n) is 9.24. The second kappa shape index (κ2) is 7.80. The average molecular weight is 385 g/mol. The van der Waals surface area contributed by atoms with Gasteiger partial charge in [-0.1, -0.05) is 18.2 Å². The van der Waals surface area contributed by atoms with E-state index < -0.39 is 0 Å². The zero-order chi connectivity index (χ0) is 18.8. The van der Waals surface area contributed by atoms with Crippen LogP contribution in [0.2, 0.25) is 0 Å². The van der Waals surface area contributed by atoms with Crippen LogP contribution in [0.4, 0.5) is 5.13 Å². The topological polar surface area (TPSA) is 70.4 Å². The fourth-order valence-electron chi connectivity index (χ4n) is 3.55. The van der Waals surface area contributed by atoms with Gasteiger partial charge < -0.3 is 14.6 Å². The zero-order valence-electron chi connectivity index (χ0n) is 15.6. The number of amides is 1. The molecule has 0 aliphatic carbocycles. The fourth-order valence-corrected chi connectivity index (χ4v) is 4.53. The summed E-state index contributed by atoms with van der Waals surface area (Å²) in [7, 11) is 3.96. The molecule has 7 heteroatoms. The Balaban J connectivity index is 1.57. The smallest absolute Gasteiger partial charge is 0.293 e. The standard InChI is InChI=1S/C20H24N4O2S/c1-24(2)12-15-14-5-3-4-6-16(14)26-18(15)19(25)23-20-22-11-17(27-20)13-7-9-21-10-8-13/h3-6,11,13,21H,7-10,12H2,1-2H3,(H,22,23,25). The van der Waals surface area contributed by atoms with Gasteiger partial charge in [0.1, 0.15) is 5.58 Å². The SMILES string of the molecule is CN(C)Cc1c(C(=O)Nc2ncc(C3CCNCC3)s2)oc2ccccc12. The molecule has 0 saturated carbocycles. The van der Waals surface area contributed by atoms with Crippen LogP contribution in [-0.2, 0) is 6.54 Å². The van der Waals surface area contributed by atoms with Crippen LogP contribution in [0, 0.1) is 0 Å². The molecule has 1 aromatic carbocycles. The van der Waals surface area contributed by atoms with Crippen LogP contribution in [0.3, 0.4) is 0 Å². The average Bonchev–Trinajstić information content (AvgIpc) is 3.27.